The highest BCUT2D eigenvalue weighted by Crippen LogP contribution is 2.24. The van der Waals surface area contributed by atoms with E-state index in [1.54, 1.807) is 0 Å². The fourth-order valence-electron chi connectivity index (χ4n) is 2.49. The second kappa shape index (κ2) is 4.33. The van der Waals surface area contributed by atoms with E-state index >= 15 is 0 Å². The lowest BCUT2D eigenvalue weighted by molar-refractivity contribution is 0.0949. The van der Waals surface area contributed by atoms with E-state index in [1.807, 2.05) is 6.92 Å². The Hall–Kier alpha value is -1.91. The van der Waals surface area contributed by atoms with E-state index in [9.17, 15) is 14.4 Å². The summed E-state index contributed by atoms with van der Waals surface area (Å²) in [5.74, 6) is -0.134. The van der Waals surface area contributed by atoms with Gasteiger partial charge in [-0.05, 0) is 31.2 Å². The van der Waals surface area contributed by atoms with Crippen LogP contribution in [-0.2, 0) is 6.42 Å². The Balaban J connectivity index is 1.98. The second-order valence-electron chi connectivity index (χ2n) is 5.59. The molecule has 0 bridgehead atoms. The van der Waals surface area contributed by atoms with Crippen LogP contribution in [0, 0.1) is 5.92 Å². The highest BCUT2D eigenvalue weighted by Gasteiger charge is 2.28. The number of aromatic nitrogens is 1. The van der Waals surface area contributed by atoms with E-state index in [4.69, 9.17) is 0 Å². The van der Waals surface area contributed by atoms with Crippen LogP contribution in [0.3, 0.4) is 0 Å². The van der Waals surface area contributed by atoms with Gasteiger partial charge in [0.25, 0.3) is 11.5 Å². The van der Waals surface area contributed by atoms with Crippen LogP contribution < -0.4 is 10.9 Å². The van der Waals surface area contributed by atoms with Crippen molar-refractivity contribution < 1.29 is 9.59 Å². The number of carbonyl (C=O) groups excluding carboxylic acids is 2. The van der Waals surface area contributed by atoms with Gasteiger partial charge in [-0.1, -0.05) is 6.92 Å². The summed E-state index contributed by atoms with van der Waals surface area (Å²) in [6, 6.07) is 1.65. The van der Waals surface area contributed by atoms with Gasteiger partial charge in [-0.15, -0.1) is 0 Å². The number of aromatic amines is 1. The molecule has 1 aromatic heterocycles. The van der Waals surface area contributed by atoms with Gasteiger partial charge < -0.3 is 10.3 Å². The van der Waals surface area contributed by atoms with Crippen molar-refractivity contribution in [3.63, 3.8) is 0 Å². The van der Waals surface area contributed by atoms with Crippen molar-refractivity contribution in [3.8, 4) is 0 Å². The summed E-state index contributed by atoms with van der Waals surface area (Å²) in [5.41, 5.74) is 0.808. The summed E-state index contributed by atoms with van der Waals surface area (Å²) in [7, 11) is 0. The van der Waals surface area contributed by atoms with Crippen LogP contribution >= 0.6 is 0 Å². The second-order valence-corrected chi connectivity index (χ2v) is 5.59. The number of fused-ring (bicyclic) bond motifs is 1. The van der Waals surface area contributed by atoms with Gasteiger partial charge in [0.15, 0.2) is 5.78 Å². The van der Waals surface area contributed by atoms with Gasteiger partial charge in [0, 0.05) is 23.7 Å². The molecular weight excluding hydrogens is 244 g/mol. The number of hydrogen-bond acceptors (Lipinski definition) is 3. The molecule has 1 amide bonds. The number of Topliss-reactive ketones (excluding diaryl/α,β-unsaturated/α-hetero) is 1. The molecule has 1 aromatic rings. The van der Waals surface area contributed by atoms with Gasteiger partial charge in [0.1, 0.15) is 5.56 Å². The van der Waals surface area contributed by atoms with E-state index < -0.39 is 5.56 Å². The van der Waals surface area contributed by atoms with Crippen LogP contribution in [0.15, 0.2) is 10.9 Å². The van der Waals surface area contributed by atoms with Crippen LogP contribution in [0.2, 0.25) is 0 Å². The summed E-state index contributed by atoms with van der Waals surface area (Å²) >= 11 is 0. The fraction of sp³-hybridized carbons (Fsp3) is 0.500. The molecule has 1 heterocycles. The summed E-state index contributed by atoms with van der Waals surface area (Å²) < 4.78 is 0. The molecule has 0 spiro atoms. The quantitative estimate of drug-likeness (QED) is 0.833. The Kier molecular flexibility index (Phi) is 2.77. The zero-order valence-corrected chi connectivity index (χ0v) is 10.8. The SMILES string of the molecule is C[C@H]1CC(=O)c2cc(C(=O)NC3CC3)c(=O)[nH]c2C1. The molecule has 3 rings (SSSR count). The summed E-state index contributed by atoms with van der Waals surface area (Å²) in [5, 5.41) is 2.77. The van der Waals surface area contributed by atoms with Crippen molar-refractivity contribution in [2.24, 2.45) is 5.92 Å². The number of H-pyrrole nitrogens is 1. The number of carbonyl (C=O) groups is 2. The Morgan fingerprint density at radius 3 is 2.74 bits per heavy atom. The third-order valence-electron chi connectivity index (χ3n) is 3.67. The topological polar surface area (TPSA) is 79.0 Å². The first-order valence-electron chi connectivity index (χ1n) is 6.65. The third kappa shape index (κ3) is 2.32. The van der Waals surface area contributed by atoms with E-state index in [0.29, 0.717) is 24.1 Å². The summed E-state index contributed by atoms with van der Waals surface area (Å²) in [6.07, 6.45) is 3.08. The molecule has 2 aliphatic carbocycles. The molecule has 0 saturated heterocycles. The van der Waals surface area contributed by atoms with Crippen LogP contribution in [0.25, 0.3) is 0 Å². The molecule has 1 saturated carbocycles. The molecule has 19 heavy (non-hydrogen) atoms. The molecule has 1 fully saturated rings. The maximum Gasteiger partial charge on any atom is 0.261 e. The monoisotopic (exact) mass is 260 g/mol. The van der Waals surface area contributed by atoms with Crippen molar-refractivity contribution in [1.29, 1.82) is 0 Å². The van der Waals surface area contributed by atoms with Crippen LogP contribution in [0.1, 0.15) is 52.6 Å². The highest BCUT2D eigenvalue weighted by atomic mass is 16.2. The zero-order valence-electron chi connectivity index (χ0n) is 10.8. The van der Waals surface area contributed by atoms with Crippen LogP contribution in [0.4, 0.5) is 0 Å². The average molecular weight is 260 g/mol. The molecule has 100 valence electrons. The third-order valence-corrected chi connectivity index (χ3v) is 3.67. The molecule has 0 aromatic carbocycles. The number of hydrogen-bond donors (Lipinski definition) is 2. The van der Waals surface area contributed by atoms with Crippen LogP contribution in [0.5, 0.6) is 0 Å². The number of rotatable bonds is 2. The first-order chi connectivity index (χ1) is 9.04. The van der Waals surface area contributed by atoms with Crippen molar-refractivity contribution in [2.75, 3.05) is 0 Å². The predicted octanol–water partition coefficient (Wildman–Crippen LogP) is 1.03. The van der Waals surface area contributed by atoms with E-state index in [1.165, 1.54) is 6.07 Å². The zero-order chi connectivity index (χ0) is 13.6. The molecule has 5 heteroatoms. The minimum Gasteiger partial charge on any atom is -0.349 e. The smallest absolute Gasteiger partial charge is 0.261 e. The van der Waals surface area contributed by atoms with Gasteiger partial charge in [-0.25, -0.2) is 0 Å². The van der Waals surface area contributed by atoms with Gasteiger partial charge in [-0.2, -0.15) is 0 Å². The van der Waals surface area contributed by atoms with Crippen molar-refractivity contribution >= 4 is 11.7 Å². The van der Waals surface area contributed by atoms with Crippen molar-refractivity contribution in [1.82, 2.24) is 10.3 Å². The molecule has 1 atom stereocenters. The lowest BCUT2D eigenvalue weighted by Crippen LogP contribution is -2.33. The van der Waals surface area contributed by atoms with Crippen molar-refractivity contribution in [3.05, 3.63) is 33.2 Å². The molecule has 0 aliphatic heterocycles. The normalized spacial score (nSPS) is 21.9. The first kappa shape index (κ1) is 12.1. The lowest BCUT2D eigenvalue weighted by Gasteiger charge is -2.20. The molecule has 0 unspecified atom stereocenters. The maximum absolute atomic E-state index is 12.0. The lowest BCUT2D eigenvalue weighted by atomic mass is 9.86. The Bertz CT molecular complexity index is 614. The van der Waals surface area contributed by atoms with Gasteiger partial charge in [0.2, 0.25) is 0 Å². The van der Waals surface area contributed by atoms with Gasteiger partial charge in [0.05, 0.1) is 0 Å². The number of pyridine rings is 1. The molecule has 2 aliphatic rings. The molecule has 0 radical (unpaired) electrons. The predicted molar refractivity (Wildman–Crippen MR) is 69.4 cm³/mol. The Morgan fingerprint density at radius 1 is 1.32 bits per heavy atom. The van der Waals surface area contributed by atoms with Crippen LogP contribution in [-0.4, -0.2) is 22.7 Å². The average Bonchev–Trinajstić information content (AvgIpc) is 3.11. The number of amides is 1. The maximum atomic E-state index is 12.0. The van der Waals surface area contributed by atoms with Gasteiger partial charge in [-0.3, -0.25) is 14.4 Å². The summed E-state index contributed by atoms with van der Waals surface area (Å²) in [6.45, 7) is 1.98. The largest absolute Gasteiger partial charge is 0.349 e. The molecule has 5 nitrogen and oxygen atoms in total. The van der Waals surface area contributed by atoms with E-state index in [-0.39, 0.29) is 29.2 Å². The minimum atomic E-state index is -0.404. The Morgan fingerprint density at radius 2 is 2.05 bits per heavy atom. The number of ketones is 1. The van der Waals surface area contributed by atoms with Gasteiger partial charge >= 0.3 is 0 Å². The number of nitrogens with one attached hydrogen (secondary N) is 2. The molecular formula is C14H16N2O3. The van der Waals surface area contributed by atoms with E-state index in [0.717, 1.165) is 12.8 Å². The first-order valence-corrected chi connectivity index (χ1v) is 6.65. The highest BCUT2D eigenvalue weighted by molar-refractivity contribution is 6.01. The minimum absolute atomic E-state index is 0.00507. The van der Waals surface area contributed by atoms with Crippen molar-refractivity contribution in [2.45, 2.75) is 38.6 Å². The summed E-state index contributed by atoms with van der Waals surface area (Å²) in [4.78, 5) is 38.5. The fourth-order valence-corrected chi connectivity index (χ4v) is 2.49. The Labute approximate surface area is 110 Å². The van der Waals surface area contributed by atoms with E-state index in [2.05, 4.69) is 10.3 Å². The molecule has 2 N–H and O–H groups in total. The standard InChI is InChI=1S/C14H16N2O3/c1-7-4-11-9(12(17)5-7)6-10(14(19)16-11)13(18)15-8-2-3-8/h6-8H,2-5H2,1H3,(H,15,18)(H,16,19)/t7-/m1/s1.